The van der Waals surface area contributed by atoms with E-state index in [2.05, 4.69) is 10.2 Å². The van der Waals surface area contributed by atoms with Gasteiger partial charge in [0.15, 0.2) is 5.82 Å². The van der Waals surface area contributed by atoms with E-state index in [9.17, 15) is 0 Å². The summed E-state index contributed by atoms with van der Waals surface area (Å²) in [6.07, 6.45) is 10.4. The fourth-order valence-corrected chi connectivity index (χ4v) is 5.30. The molecular formula is C15H24N4. The standard InChI is InChI=1S/C15H24N4/c16-3-1-2-13-17-14(19-18-13)15-7-10-4-11(8-15)6-12(5-10)9-15/h10-12H,1-9,16H2,(H,17,18,19). The van der Waals surface area contributed by atoms with Crippen LogP contribution in [0.4, 0.5) is 0 Å². The van der Waals surface area contributed by atoms with Crippen LogP contribution >= 0.6 is 0 Å². The number of hydrogen-bond donors (Lipinski definition) is 2. The summed E-state index contributed by atoms with van der Waals surface area (Å²) in [6.45, 7) is 0.730. The molecule has 0 aromatic carbocycles. The van der Waals surface area contributed by atoms with E-state index in [0.717, 1.165) is 48.8 Å². The number of nitrogens with one attached hydrogen (secondary N) is 1. The topological polar surface area (TPSA) is 67.6 Å². The first kappa shape index (κ1) is 11.9. The second-order valence-electron chi connectivity index (χ2n) is 7.20. The Hall–Kier alpha value is -0.900. The average molecular weight is 260 g/mol. The third-order valence-electron chi connectivity index (χ3n) is 5.66. The molecule has 4 fully saturated rings. The summed E-state index contributed by atoms with van der Waals surface area (Å²) in [5.41, 5.74) is 5.89. The predicted octanol–water partition coefficient (Wildman–Crippen LogP) is 2.16. The monoisotopic (exact) mass is 260 g/mol. The van der Waals surface area contributed by atoms with Crippen molar-refractivity contribution < 1.29 is 0 Å². The van der Waals surface area contributed by atoms with Gasteiger partial charge in [-0.15, -0.1) is 0 Å². The molecule has 0 amide bonds. The fraction of sp³-hybridized carbons (Fsp3) is 0.867. The highest BCUT2D eigenvalue weighted by molar-refractivity contribution is 5.17. The molecule has 4 saturated carbocycles. The van der Waals surface area contributed by atoms with Crippen molar-refractivity contribution in [2.75, 3.05) is 6.54 Å². The second kappa shape index (κ2) is 4.30. The van der Waals surface area contributed by atoms with E-state index in [1.54, 1.807) is 0 Å². The minimum Gasteiger partial charge on any atom is -0.330 e. The fourth-order valence-electron chi connectivity index (χ4n) is 5.30. The number of aryl methyl sites for hydroxylation is 1. The lowest BCUT2D eigenvalue weighted by Crippen LogP contribution is -2.49. The van der Waals surface area contributed by atoms with Crippen LogP contribution in [-0.4, -0.2) is 21.7 Å². The van der Waals surface area contributed by atoms with Crippen molar-refractivity contribution in [3.8, 4) is 0 Å². The number of nitrogens with zero attached hydrogens (tertiary/aromatic N) is 2. The Bertz CT molecular complexity index is 429. The first-order valence-electron chi connectivity index (χ1n) is 7.89. The minimum absolute atomic E-state index is 0.326. The van der Waals surface area contributed by atoms with Crippen LogP contribution in [0.25, 0.3) is 0 Å². The van der Waals surface area contributed by atoms with Gasteiger partial charge in [-0.05, 0) is 69.2 Å². The number of hydrogen-bond acceptors (Lipinski definition) is 3. The zero-order valence-corrected chi connectivity index (χ0v) is 11.6. The molecule has 4 nitrogen and oxygen atoms in total. The van der Waals surface area contributed by atoms with Gasteiger partial charge in [0.25, 0.3) is 0 Å². The lowest BCUT2D eigenvalue weighted by molar-refractivity contribution is -0.00925. The van der Waals surface area contributed by atoms with Crippen molar-refractivity contribution in [2.45, 2.75) is 56.8 Å². The van der Waals surface area contributed by atoms with Crippen LogP contribution in [0.2, 0.25) is 0 Å². The van der Waals surface area contributed by atoms with Gasteiger partial charge in [0.05, 0.1) is 0 Å². The third-order valence-corrected chi connectivity index (χ3v) is 5.66. The number of H-pyrrole nitrogens is 1. The van der Waals surface area contributed by atoms with Gasteiger partial charge in [-0.1, -0.05) is 0 Å². The van der Waals surface area contributed by atoms with E-state index in [1.807, 2.05) is 0 Å². The Morgan fingerprint density at radius 2 is 1.74 bits per heavy atom. The van der Waals surface area contributed by atoms with Crippen LogP contribution in [0, 0.1) is 17.8 Å². The lowest BCUT2D eigenvalue weighted by Gasteiger charge is -2.55. The number of nitrogens with two attached hydrogens (primary N) is 1. The molecule has 4 aliphatic rings. The van der Waals surface area contributed by atoms with Crippen LogP contribution in [0.1, 0.15) is 56.6 Å². The van der Waals surface area contributed by atoms with Gasteiger partial charge < -0.3 is 5.73 Å². The molecule has 4 aliphatic carbocycles. The van der Waals surface area contributed by atoms with E-state index in [1.165, 1.54) is 38.5 Å². The van der Waals surface area contributed by atoms with Gasteiger partial charge in [-0.2, -0.15) is 5.10 Å². The van der Waals surface area contributed by atoms with E-state index >= 15 is 0 Å². The van der Waals surface area contributed by atoms with E-state index in [4.69, 9.17) is 10.7 Å². The molecule has 4 heteroatoms. The van der Waals surface area contributed by atoms with Gasteiger partial charge in [0, 0.05) is 11.8 Å². The first-order valence-corrected chi connectivity index (χ1v) is 7.89. The molecule has 0 radical (unpaired) electrons. The van der Waals surface area contributed by atoms with Crippen molar-refractivity contribution in [2.24, 2.45) is 23.5 Å². The predicted molar refractivity (Wildman–Crippen MR) is 73.6 cm³/mol. The zero-order valence-electron chi connectivity index (χ0n) is 11.6. The Kier molecular flexibility index (Phi) is 2.69. The van der Waals surface area contributed by atoms with Crippen molar-refractivity contribution in [1.82, 2.24) is 15.2 Å². The van der Waals surface area contributed by atoms with Crippen LogP contribution in [0.3, 0.4) is 0 Å². The van der Waals surface area contributed by atoms with E-state index in [0.29, 0.717) is 5.41 Å². The Balaban J connectivity index is 1.59. The van der Waals surface area contributed by atoms with Gasteiger partial charge in [0.2, 0.25) is 0 Å². The summed E-state index contributed by atoms with van der Waals surface area (Å²) in [6, 6.07) is 0. The number of rotatable bonds is 4. The van der Waals surface area contributed by atoms with Gasteiger partial charge in [-0.25, -0.2) is 4.98 Å². The molecule has 1 aromatic heterocycles. The average Bonchev–Trinajstić information content (AvgIpc) is 2.84. The van der Waals surface area contributed by atoms with Crippen LogP contribution in [-0.2, 0) is 11.8 Å². The molecule has 0 aliphatic heterocycles. The third kappa shape index (κ3) is 1.92. The van der Waals surface area contributed by atoms with Crippen molar-refractivity contribution >= 4 is 0 Å². The largest absolute Gasteiger partial charge is 0.330 e. The SMILES string of the molecule is NCCCc1nc(C23CC4CC(CC(C4)C2)C3)n[nH]1. The van der Waals surface area contributed by atoms with Crippen molar-refractivity contribution in [1.29, 1.82) is 0 Å². The quantitative estimate of drug-likeness (QED) is 0.871. The molecule has 4 bridgehead atoms. The molecular weight excluding hydrogens is 236 g/mol. The normalized spacial score (nSPS) is 39.9. The van der Waals surface area contributed by atoms with Crippen molar-refractivity contribution in [3.63, 3.8) is 0 Å². The maximum Gasteiger partial charge on any atom is 0.156 e. The molecule has 19 heavy (non-hydrogen) atoms. The molecule has 3 N–H and O–H groups in total. The second-order valence-corrected chi connectivity index (χ2v) is 7.20. The molecule has 0 unspecified atom stereocenters. The molecule has 0 saturated heterocycles. The highest BCUT2D eigenvalue weighted by atomic mass is 15.2. The highest BCUT2D eigenvalue weighted by Gasteiger charge is 2.53. The number of aromatic amines is 1. The lowest BCUT2D eigenvalue weighted by atomic mass is 9.49. The summed E-state index contributed by atoms with van der Waals surface area (Å²) in [5.74, 6) is 5.03. The molecule has 1 aromatic rings. The summed E-state index contributed by atoms with van der Waals surface area (Å²) in [7, 11) is 0. The summed E-state index contributed by atoms with van der Waals surface area (Å²) in [4.78, 5) is 4.82. The molecule has 104 valence electrons. The summed E-state index contributed by atoms with van der Waals surface area (Å²) in [5, 5.41) is 7.73. The summed E-state index contributed by atoms with van der Waals surface area (Å²) < 4.78 is 0. The molecule has 5 rings (SSSR count). The smallest absolute Gasteiger partial charge is 0.156 e. The first-order chi connectivity index (χ1) is 9.27. The zero-order chi connectivity index (χ0) is 12.9. The van der Waals surface area contributed by atoms with Gasteiger partial charge in [0.1, 0.15) is 5.82 Å². The van der Waals surface area contributed by atoms with Crippen LogP contribution in [0.5, 0.6) is 0 Å². The number of aromatic nitrogens is 3. The Labute approximate surface area is 114 Å². The van der Waals surface area contributed by atoms with Gasteiger partial charge in [-0.3, -0.25) is 5.10 Å². The maximum atomic E-state index is 5.57. The van der Waals surface area contributed by atoms with E-state index in [-0.39, 0.29) is 0 Å². The van der Waals surface area contributed by atoms with Crippen LogP contribution < -0.4 is 5.73 Å². The van der Waals surface area contributed by atoms with Gasteiger partial charge >= 0.3 is 0 Å². The van der Waals surface area contributed by atoms with E-state index < -0.39 is 0 Å². The maximum absolute atomic E-state index is 5.57. The molecule has 0 spiro atoms. The highest BCUT2D eigenvalue weighted by Crippen LogP contribution is 2.60. The molecule has 1 heterocycles. The minimum atomic E-state index is 0.326. The summed E-state index contributed by atoms with van der Waals surface area (Å²) >= 11 is 0. The Morgan fingerprint density at radius 1 is 1.11 bits per heavy atom. The van der Waals surface area contributed by atoms with Crippen LogP contribution in [0.15, 0.2) is 0 Å². The Morgan fingerprint density at radius 3 is 2.32 bits per heavy atom. The van der Waals surface area contributed by atoms with Crippen molar-refractivity contribution in [3.05, 3.63) is 11.6 Å². The molecule has 0 atom stereocenters.